The number of esters is 1. The van der Waals surface area contributed by atoms with Crippen LogP contribution in [0.2, 0.25) is 0 Å². The predicted molar refractivity (Wildman–Crippen MR) is 28.8 cm³/mol. The normalized spacial score (nSPS) is 31.5. The molecule has 0 saturated carbocycles. The molecule has 1 heterocycles. The largest absolute Gasteiger partial charge is 0.463 e. The van der Waals surface area contributed by atoms with E-state index >= 15 is 0 Å². The van der Waals surface area contributed by atoms with Crippen molar-refractivity contribution in [3.05, 3.63) is 0 Å². The first-order valence-corrected chi connectivity index (χ1v) is 2.86. The van der Waals surface area contributed by atoms with Gasteiger partial charge in [-0.1, -0.05) is 22.6 Å². The number of carbonyl (C=O) groups excluding carboxylic acids is 1. The molecule has 0 aromatic carbocycles. The van der Waals surface area contributed by atoms with Crippen LogP contribution in [0.1, 0.15) is 0 Å². The van der Waals surface area contributed by atoms with E-state index in [0.29, 0.717) is 6.61 Å². The quantitative estimate of drug-likeness (QED) is 0.319. The third kappa shape index (κ3) is 0.508. The fourth-order valence-corrected chi connectivity index (χ4v) is 0.574. The molecule has 0 aromatic rings. The molecule has 1 aliphatic rings. The maximum absolute atomic E-state index is 10.0. The maximum atomic E-state index is 10.0. The van der Waals surface area contributed by atoms with Crippen LogP contribution in [0.25, 0.3) is 0 Å². The molecule has 0 amide bonds. The van der Waals surface area contributed by atoms with Gasteiger partial charge in [0.1, 0.15) is 10.5 Å². The molecule has 1 aliphatic heterocycles. The average Bonchev–Trinajstić information content (AvgIpc) is 1.61. The van der Waals surface area contributed by atoms with E-state index in [1.165, 1.54) is 0 Å². The number of rotatable bonds is 0. The summed E-state index contributed by atoms with van der Waals surface area (Å²) in [6, 6.07) is 0. The van der Waals surface area contributed by atoms with Gasteiger partial charge < -0.3 is 4.74 Å². The van der Waals surface area contributed by atoms with E-state index in [4.69, 9.17) is 0 Å². The van der Waals surface area contributed by atoms with Gasteiger partial charge in [0.15, 0.2) is 0 Å². The molecule has 3 heteroatoms. The number of ether oxygens (including phenoxy) is 1. The maximum Gasteiger partial charge on any atom is 0.322 e. The SMILES string of the molecule is O=C1OCC1I. The zero-order valence-electron chi connectivity index (χ0n) is 2.98. The molecular weight excluding hydrogens is 195 g/mol. The fraction of sp³-hybridized carbons (Fsp3) is 0.667. The van der Waals surface area contributed by atoms with Crippen molar-refractivity contribution in [3.8, 4) is 0 Å². The minimum atomic E-state index is -0.0735. The summed E-state index contributed by atoms with van der Waals surface area (Å²) in [5.74, 6) is -0.0735. The van der Waals surface area contributed by atoms with Gasteiger partial charge in [0.05, 0.1) is 0 Å². The van der Waals surface area contributed by atoms with E-state index in [2.05, 4.69) is 4.74 Å². The highest BCUT2D eigenvalue weighted by atomic mass is 127. The summed E-state index contributed by atoms with van der Waals surface area (Å²) >= 11 is 2.04. The molecule has 0 aliphatic carbocycles. The third-order valence-corrected chi connectivity index (χ3v) is 1.50. The minimum absolute atomic E-state index is 0.0735. The van der Waals surface area contributed by atoms with Gasteiger partial charge in [-0.15, -0.1) is 0 Å². The van der Waals surface area contributed by atoms with Gasteiger partial charge in [-0.05, 0) is 0 Å². The molecule has 0 N–H and O–H groups in total. The van der Waals surface area contributed by atoms with E-state index < -0.39 is 0 Å². The fourth-order valence-electron chi connectivity index (χ4n) is 0.214. The molecule has 1 rings (SSSR count). The number of hydrogen-bond acceptors (Lipinski definition) is 2. The second kappa shape index (κ2) is 1.36. The van der Waals surface area contributed by atoms with Crippen LogP contribution in [0, 0.1) is 0 Å². The lowest BCUT2D eigenvalue weighted by atomic mass is 10.4. The molecule has 2 nitrogen and oxygen atoms in total. The summed E-state index contributed by atoms with van der Waals surface area (Å²) in [4.78, 5) is 10.0. The summed E-state index contributed by atoms with van der Waals surface area (Å²) < 4.78 is 4.54. The summed E-state index contributed by atoms with van der Waals surface area (Å²) in [7, 11) is 0. The van der Waals surface area contributed by atoms with Crippen LogP contribution in [0.15, 0.2) is 0 Å². The van der Waals surface area contributed by atoms with E-state index in [9.17, 15) is 4.79 Å². The van der Waals surface area contributed by atoms with E-state index in [1.807, 2.05) is 22.6 Å². The standard InChI is InChI=1S/C3H3IO2/c4-2-1-6-3(2)5/h2H,1H2. The van der Waals surface area contributed by atoms with Gasteiger partial charge in [-0.3, -0.25) is 4.79 Å². The highest BCUT2D eigenvalue weighted by Gasteiger charge is 2.26. The van der Waals surface area contributed by atoms with Crippen LogP contribution in [-0.4, -0.2) is 16.5 Å². The highest BCUT2D eigenvalue weighted by Crippen LogP contribution is 2.12. The van der Waals surface area contributed by atoms with Crippen molar-refractivity contribution in [1.82, 2.24) is 0 Å². The van der Waals surface area contributed by atoms with Gasteiger partial charge >= 0.3 is 5.97 Å². The van der Waals surface area contributed by atoms with Crippen molar-refractivity contribution >= 4 is 28.6 Å². The summed E-state index contributed by atoms with van der Waals surface area (Å²) in [6.45, 7) is 0.611. The first-order valence-electron chi connectivity index (χ1n) is 1.61. The van der Waals surface area contributed by atoms with Crippen molar-refractivity contribution in [2.45, 2.75) is 3.92 Å². The Morgan fingerprint density at radius 3 is 2.50 bits per heavy atom. The second-order valence-electron chi connectivity index (χ2n) is 1.10. The molecular formula is C3H3IO2. The first kappa shape index (κ1) is 4.36. The van der Waals surface area contributed by atoms with Gasteiger partial charge in [-0.25, -0.2) is 0 Å². The molecule has 1 fully saturated rings. The molecule has 1 unspecified atom stereocenters. The molecule has 1 atom stereocenters. The lowest BCUT2D eigenvalue weighted by molar-refractivity contribution is -0.154. The molecule has 0 spiro atoms. The van der Waals surface area contributed by atoms with Gasteiger partial charge in [0.2, 0.25) is 0 Å². The summed E-state index contributed by atoms with van der Waals surface area (Å²) in [6.07, 6.45) is 0. The summed E-state index contributed by atoms with van der Waals surface area (Å²) in [5, 5.41) is 0. The Kier molecular flexibility index (Phi) is 0.992. The highest BCUT2D eigenvalue weighted by molar-refractivity contribution is 14.1. The van der Waals surface area contributed by atoms with Crippen molar-refractivity contribution in [2.75, 3.05) is 6.61 Å². The molecule has 34 valence electrons. The number of cyclic esters (lactones) is 1. The van der Waals surface area contributed by atoms with Gasteiger partial charge in [-0.2, -0.15) is 0 Å². The van der Waals surface area contributed by atoms with Crippen LogP contribution in [0.4, 0.5) is 0 Å². The third-order valence-electron chi connectivity index (χ3n) is 0.628. The zero-order chi connectivity index (χ0) is 4.57. The van der Waals surface area contributed by atoms with E-state index in [-0.39, 0.29) is 9.89 Å². The van der Waals surface area contributed by atoms with Gasteiger partial charge in [0, 0.05) is 0 Å². The predicted octanol–water partition coefficient (Wildman–Crippen LogP) is 0.347. The van der Waals surface area contributed by atoms with Crippen molar-refractivity contribution < 1.29 is 9.53 Å². The summed E-state index contributed by atoms with van der Waals surface area (Å²) in [5.41, 5.74) is 0. The monoisotopic (exact) mass is 198 g/mol. The molecule has 6 heavy (non-hydrogen) atoms. The van der Waals surface area contributed by atoms with E-state index in [1.54, 1.807) is 0 Å². The number of alkyl halides is 1. The number of halogens is 1. The Hall–Kier alpha value is 0.200. The lowest BCUT2D eigenvalue weighted by Gasteiger charge is -2.17. The van der Waals surface area contributed by atoms with Crippen molar-refractivity contribution in [2.24, 2.45) is 0 Å². The minimum Gasteiger partial charge on any atom is -0.463 e. The number of hydrogen-bond donors (Lipinski definition) is 0. The van der Waals surface area contributed by atoms with Crippen LogP contribution >= 0.6 is 22.6 Å². The van der Waals surface area contributed by atoms with Crippen LogP contribution in [0.3, 0.4) is 0 Å². The molecule has 0 radical (unpaired) electrons. The van der Waals surface area contributed by atoms with Crippen LogP contribution in [-0.2, 0) is 9.53 Å². The Labute approximate surface area is 49.0 Å². The van der Waals surface area contributed by atoms with Gasteiger partial charge in [0.25, 0.3) is 0 Å². The van der Waals surface area contributed by atoms with Crippen LogP contribution in [0.5, 0.6) is 0 Å². The lowest BCUT2D eigenvalue weighted by Crippen LogP contribution is -2.34. The Bertz CT molecular complexity index is 80.9. The first-order chi connectivity index (χ1) is 2.80. The van der Waals surface area contributed by atoms with E-state index in [0.717, 1.165) is 0 Å². The van der Waals surface area contributed by atoms with Crippen molar-refractivity contribution in [1.29, 1.82) is 0 Å². The van der Waals surface area contributed by atoms with Crippen LogP contribution < -0.4 is 0 Å². The second-order valence-corrected chi connectivity index (χ2v) is 2.60. The molecule has 0 aromatic heterocycles. The van der Waals surface area contributed by atoms with Crippen molar-refractivity contribution in [3.63, 3.8) is 0 Å². The topological polar surface area (TPSA) is 26.3 Å². The molecule has 0 bridgehead atoms. The zero-order valence-corrected chi connectivity index (χ0v) is 5.14. The average molecular weight is 198 g/mol. The Morgan fingerprint density at radius 2 is 2.50 bits per heavy atom. The smallest absolute Gasteiger partial charge is 0.322 e. The Balaban J connectivity index is 2.39. The Morgan fingerprint density at radius 1 is 2.00 bits per heavy atom. The molecule has 1 saturated heterocycles. The number of carbonyl (C=O) groups is 1.